The van der Waals surface area contributed by atoms with E-state index in [1.165, 1.54) is 10.6 Å². The van der Waals surface area contributed by atoms with Gasteiger partial charge in [0.15, 0.2) is 5.82 Å². The molecule has 11 nitrogen and oxygen atoms in total. The Bertz CT molecular complexity index is 1250. The number of aromatic nitrogens is 3. The van der Waals surface area contributed by atoms with Gasteiger partial charge in [0.05, 0.1) is 11.3 Å². The quantitative estimate of drug-likeness (QED) is 0.159. The largest absolute Gasteiger partial charge is 0.508 e. The average molecular weight is 469 g/mol. The van der Waals surface area contributed by atoms with Crippen molar-refractivity contribution < 1.29 is 25.0 Å². The first kappa shape index (κ1) is 24.5. The summed E-state index contributed by atoms with van der Waals surface area (Å²) in [5.41, 5.74) is 2.72. The molecule has 0 spiro atoms. The van der Waals surface area contributed by atoms with E-state index in [0.29, 0.717) is 29.8 Å². The highest BCUT2D eigenvalue weighted by Crippen LogP contribution is 2.37. The van der Waals surface area contributed by atoms with Crippen LogP contribution in [-0.2, 0) is 9.59 Å². The van der Waals surface area contributed by atoms with E-state index < -0.39 is 11.6 Å². The fraction of sp³-hybridized carbons (Fsp3) is 0.304. The van der Waals surface area contributed by atoms with Crippen molar-refractivity contribution in [3.05, 3.63) is 52.4 Å². The number of anilines is 1. The van der Waals surface area contributed by atoms with Crippen LogP contribution >= 0.6 is 0 Å². The normalized spacial score (nSPS) is 10.9. The van der Waals surface area contributed by atoms with Crippen molar-refractivity contribution in [3.8, 4) is 28.6 Å². The smallest absolute Gasteiger partial charge is 0.348 e. The van der Waals surface area contributed by atoms with Gasteiger partial charge in [-0.05, 0) is 48.6 Å². The number of unbranched alkanes of at least 4 members (excludes halogenated alkanes) is 1. The Labute approximate surface area is 195 Å². The summed E-state index contributed by atoms with van der Waals surface area (Å²) >= 11 is 0. The Morgan fingerprint density at radius 3 is 2.44 bits per heavy atom. The van der Waals surface area contributed by atoms with E-state index in [-0.39, 0.29) is 47.6 Å². The number of phenolic OH excluding ortho intramolecular Hbond substituents is 2. The molecule has 0 aliphatic rings. The fourth-order valence-electron chi connectivity index (χ4n) is 3.53. The molecule has 34 heavy (non-hydrogen) atoms. The maximum Gasteiger partial charge on any atom is 0.348 e. The number of aromatic amines is 1. The van der Waals surface area contributed by atoms with Crippen LogP contribution in [0.15, 0.2) is 41.2 Å². The third-order valence-electron chi connectivity index (χ3n) is 5.25. The maximum atomic E-state index is 12.6. The molecule has 0 aliphatic heterocycles. The monoisotopic (exact) mass is 469 g/mol. The van der Waals surface area contributed by atoms with Crippen molar-refractivity contribution in [2.45, 2.75) is 45.4 Å². The molecule has 2 aromatic carbocycles. The Kier molecular flexibility index (Phi) is 7.69. The molecular formula is C23H27N5O6. The third kappa shape index (κ3) is 5.62. The van der Waals surface area contributed by atoms with Gasteiger partial charge in [-0.15, -0.1) is 0 Å². The summed E-state index contributed by atoms with van der Waals surface area (Å²) in [6.07, 6.45) is 1.21. The van der Waals surface area contributed by atoms with Crippen LogP contribution in [0.3, 0.4) is 0 Å². The topological polar surface area (TPSA) is 170 Å². The summed E-state index contributed by atoms with van der Waals surface area (Å²) in [5.74, 6) is -0.942. The molecule has 0 radical (unpaired) electrons. The molecule has 3 aromatic rings. The molecule has 6 N–H and O–H groups in total. The van der Waals surface area contributed by atoms with Gasteiger partial charge in [0.2, 0.25) is 11.8 Å². The van der Waals surface area contributed by atoms with Crippen LogP contribution in [0, 0.1) is 0 Å². The van der Waals surface area contributed by atoms with Crippen molar-refractivity contribution in [2.24, 2.45) is 0 Å². The predicted octanol–water partition coefficient (Wildman–Crippen LogP) is 2.77. The first-order valence-electron chi connectivity index (χ1n) is 10.8. The second-order valence-corrected chi connectivity index (χ2v) is 8.11. The molecule has 0 atom stereocenters. The molecule has 3 rings (SSSR count). The minimum absolute atomic E-state index is 0.0324. The molecule has 0 saturated carbocycles. The number of benzene rings is 2. The second kappa shape index (κ2) is 10.7. The van der Waals surface area contributed by atoms with Gasteiger partial charge in [-0.3, -0.25) is 14.8 Å². The van der Waals surface area contributed by atoms with E-state index in [9.17, 15) is 24.6 Å². The molecule has 1 heterocycles. The lowest BCUT2D eigenvalue weighted by molar-refractivity contribution is -0.129. The molecule has 0 fully saturated rings. The molecule has 11 heteroatoms. The number of nitrogens with one attached hydrogen (secondary N) is 3. The zero-order valence-electron chi connectivity index (χ0n) is 18.8. The lowest BCUT2D eigenvalue weighted by Gasteiger charge is -2.13. The Hall–Kier alpha value is -4.12. The molecule has 0 aliphatic carbocycles. The third-order valence-corrected chi connectivity index (χ3v) is 5.25. The lowest BCUT2D eigenvalue weighted by atomic mass is 9.98. The van der Waals surface area contributed by atoms with Crippen molar-refractivity contribution in [1.82, 2.24) is 20.2 Å². The highest BCUT2D eigenvalue weighted by molar-refractivity contribution is 5.91. The first-order chi connectivity index (χ1) is 16.2. The van der Waals surface area contributed by atoms with Crippen LogP contribution < -0.4 is 16.5 Å². The Morgan fingerprint density at radius 2 is 1.76 bits per heavy atom. The van der Waals surface area contributed by atoms with Gasteiger partial charge in [-0.1, -0.05) is 19.9 Å². The van der Waals surface area contributed by atoms with Gasteiger partial charge >= 0.3 is 5.69 Å². The van der Waals surface area contributed by atoms with Gasteiger partial charge in [-0.25, -0.2) is 19.9 Å². The molecule has 1 aromatic heterocycles. The van der Waals surface area contributed by atoms with Gasteiger partial charge in [0.1, 0.15) is 11.5 Å². The fourth-order valence-corrected chi connectivity index (χ4v) is 3.53. The molecule has 2 amide bonds. The summed E-state index contributed by atoms with van der Waals surface area (Å²) < 4.78 is 1.26. The number of hydrogen-bond donors (Lipinski definition) is 6. The van der Waals surface area contributed by atoms with E-state index in [2.05, 4.69) is 15.5 Å². The van der Waals surface area contributed by atoms with E-state index >= 15 is 0 Å². The van der Waals surface area contributed by atoms with E-state index in [1.807, 2.05) is 13.8 Å². The van der Waals surface area contributed by atoms with Gasteiger partial charge < -0.3 is 15.5 Å². The Morgan fingerprint density at radius 1 is 1.06 bits per heavy atom. The van der Waals surface area contributed by atoms with Crippen LogP contribution in [-0.4, -0.2) is 42.0 Å². The second-order valence-electron chi connectivity index (χ2n) is 8.11. The highest BCUT2D eigenvalue weighted by Gasteiger charge is 2.20. The van der Waals surface area contributed by atoms with E-state index in [0.717, 1.165) is 0 Å². The number of carbonyl (C=O) groups is 2. The van der Waals surface area contributed by atoms with E-state index in [1.54, 1.807) is 35.8 Å². The van der Waals surface area contributed by atoms with Crippen molar-refractivity contribution >= 4 is 17.5 Å². The zero-order valence-corrected chi connectivity index (χ0v) is 18.8. The summed E-state index contributed by atoms with van der Waals surface area (Å²) in [7, 11) is 0. The SMILES string of the molecule is CC(C)c1cc(-c2n[nH]c(=O)n2-c2cccc(NC(=O)CCCCC(=O)NO)c2)c(O)cc1O. The molecule has 0 saturated heterocycles. The lowest BCUT2D eigenvalue weighted by Crippen LogP contribution is -2.18. The average Bonchev–Trinajstić information content (AvgIpc) is 3.17. The minimum atomic E-state index is -0.542. The standard InChI is InChI=1S/C23H27N5O6/c1-13(2)16-11-17(19(30)12-18(16)29)22-25-26-23(33)28(22)15-7-5-6-14(10-15)24-20(31)8-3-4-9-21(32)27-34/h5-7,10-13,29-30,34H,3-4,8-9H2,1-2H3,(H,24,31)(H,26,33)(H,27,32). The number of carbonyl (C=O) groups excluding carboxylic acids is 2. The zero-order chi connectivity index (χ0) is 24.8. The maximum absolute atomic E-state index is 12.6. The number of rotatable bonds is 9. The predicted molar refractivity (Wildman–Crippen MR) is 124 cm³/mol. The number of aromatic hydroxyl groups is 2. The van der Waals surface area contributed by atoms with Crippen LogP contribution in [0.1, 0.15) is 51.0 Å². The number of hydroxylamine groups is 1. The van der Waals surface area contributed by atoms with Crippen LogP contribution in [0.4, 0.5) is 5.69 Å². The van der Waals surface area contributed by atoms with E-state index in [4.69, 9.17) is 5.21 Å². The first-order valence-corrected chi connectivity index (χ1v) is 10.8. The van der Waals surface area contributed by atoms with Crippen LogP contribution in [0.5, 0.6) is 11.5 Å². The van der Waals surface area contributed by atoms with Crippen molar-refractivity contribution in [2.75, 3.05) is 5.32 Å². The van der Waals surface area contributed by atoms with Gasteiger partial charge in [0.25, 0.3) is 0 Å². The number of phenols is 2. The molecule has 180 valence electrons. The van der Waals surface area contributed by atoms with Crippen molar-refractivity contribution in [1.29, 1.82) is 0 Å². The number of nitrogens with zero attached hydrogens (tertiary/aromatic N) is 2. The van der Waals surface area contributed by atoms with Gasteiger partial charge in [0, 0.05) is 24.6 Å². The summed E-state index contributed by atoms with van der Waals surface area (Å²) in [6, 6.07) is 9.39. The van der Waals surface area contributed by atoms with Gasteiger partial charge in [-0.2, -0.15) is 5.10 Å². The summed E-state index contributed by atoms with van der Waals surface area (Å²) in [6.45, 7) is 3.78. The minimum Gasteiger partial charge on any atom is -0.508 e. The molecule has 0 bridgehead atoms. The van der Waals surface area contributed by atoms with Crippen molar-refractivity contribution in [3.63, 3.8) is 0 Å². The molecule has 0 unspecified atom stereocenters. The number of H-pyrrole nitrogens is 1. The Balaban J connectivity index is 1.84. The summed E-state index contributed by atoms with van der Waals surface area (Å²) in [5, 5.41) is 38.2. The number of hydrogen-bond acceptors (Lipinski definition) is 7. The van der Waals surface area contributed by atoms with Crippen LogP contribution in [0.25, 0.3) is 17.1 Å². The number of amides is 2. The highest BCUT2D eigenvalue weighted by atomic mass is 16.5. The summed E-state index contributed by atoms with van der Waals surface area (Å²) in [4.78, 5) is 35.8. The van der Waals surface area contributed by atoms with Crippen LogP contribution in [0.2, 0.25) is 0 Å². The molecular weight excluding hydrogens is 442 g/mol.